The van der Waals surface area contributed by atoms with Crippen molar-refractivity contribution in [1.29, 1.82) is 0 Å². The topological polar surface area (TPSA) is 77.6 Å². The second-order valence-corrected chi connectivity index (χ2v) is 6.21. The zero-order valence-corrected chi connectivity index (χ0v) is 13.4. The molecule has 3 heterocycles. The zero-order chi connectivity index (χ0) is 16.2. The van der Waals surface area contributed by atoms with Crippen molar-refractivity contribution in [3.05, 3.63) is 23.9 Å². The van der Waals surface area contributed by atoms with Gasteiger partial charge in [0, 0.05) is 31.9 Å². The highest BCUT2D eigenvalue weighted by Gasteiger charge is 2.30. The molecule has 2 N–H and O–H groups in total. The number of nitrogens with one attached hydrogen (secondary N) is 2. The van der Waals surface area contributed by atoms with Crippen molar-refractivity contribution in [1.82, 2.24) is 20.1 Å². The molecule has 0 spiro atoms. The van der Waals surface area contributed by atoms with E-state index in [1.54, 1.807) is 0 Å². The Morgan fingerprint density at radius 1 is 1.43 bits per heavy atom. The zero-order valence-electron chi connectivity index (χ0n) is 13.4. The smallest absolute Gasteiger partial charge is 0.324 e. The van der Waals surface area contributed by atoms with Crippen LogP contribution in [0.25, 0.3) is 0 Å². The summed E-state index contributed by atoms with van der Waals surface area (Å²) in [5.41, 5.74) is 0.998. The summed E-state index contributed by atoms with van der Waals surface area (Å²) in [5.74, 6) is 1.29. The number of rotatable bonds is 5. The average Bonchev–Trinajstić information content (AvgIpc) is 3.14. The van der Waals surface area contributed by atoms with Crippen LogP contribution in [-0.2, 0) is 4.79 Å². The van der Waals surface area contributed by atoms with Crippen molar-refractivity contribution in [2.45, 2.75) is 13.3 Å². The SMILES string of the molecule is Cc1cccc(NCC2CCN(CC(=O)N3CCNC3=O)C2)n1. The van der Waals surface area contributed by atoms with Crippen LogP contribution in [0.3, 0.4) is 0 Å². The number of nitrogens with zero attached hydrogens (tertiary/aromatic N) is 3. The van der Waals surface area contributed by atoms with Crippen LogP contribution in [0.2, 0.25) is 0 Å². The minimum absolute atomic E-state index is 0.103. The molecule has 0 bridgehead atoms. The van der Waals surface area contributed by atoms with Crippen molar-refractivity contribution in [3.63, 3.8) is 0 Å². The first-order valence-electron chi connectivity index (χ1n) is 8.10. The Labute approximate surface area is 136 Å². The van der Waals surface area contributed by atoms with Crippen LogP contribution in [0.5, 0.6) is 0 Å². The first kappa shape index (κ1) is 15.7. The van der Waals surface area contributed by atoms with Crippen LogP contribution in [0.1, 0.15) is 12.1 Å². The number of imide groups is 1. The molecule has 1 aromatic heterocycles. The highest BCUT2D eigenvalue weighted by molar-refractivity contribution is 5.96. The fraction of sp³-hybridized carbons (Fsp3) is 0.562. The van der Waals surface area contributed by atoms with Gasteiger partial charge < -0.3 is 10.6 Å². The summed E-state index contributed by atoms with van der Waals surface area (Å²) in [7, 11) is 0. The van der Waals surface area contributed by atoms with Crippen molar-refractivity contribution in [2.75, 3.05) is 44.6 Å². The van der Waals surface area contributed by atoms with Crippen LogP contribution >= 0.6 is 0 Å². The van der Waals surface area contributed by atoms with Gasteiger partial charge in [-0.05, 0) is 37.9 Å². The summed E-state index contributed by atoms with van der Waals surface area (Å²) in [6, 6.07) is 5.67. The molecule has 23 heavy (non-hydrogen) atoms. The van der Waals surface area contributed by atoms with Gasteiger partial charge in [-0.2, -0.15) is 0 Å². The Morgan fingerprint density at radius 3 is 3.04 bits per heavy atom. The van der Waals surface area contributed by atoms with E-state index in [2.05, 4.69) is 20.5 Å². The Morgan fingerprint density at radius 2 is 2.30 bits per heavy atom. The molecular weight excluding hydrogens is 294 g/mol. The molecule has 0 radical (unpaired) electrons. The number of hydrogen-bond donors (Lipinski definition) is 2. The van der Waals surface area contributed by atoms with Crippen LogP contribution in [0, 0.1) is 12.8 Å². The van der Waals surface area contributed by atoms with E-state index in [0.717, 1.165) is 37.6 Å². The fourth-order valence-corrected chi connectivity index (χ4v) is 3.10. The van der Waals surface area contributed by atoms with Crippen molar-refractivity contribution >= 4 is 17.8 Å². The first-order chi connectivity index (χ1) is 11.1. The lowest BCUT2D eigenvalue weighted by Gasteiger charge is -2.19. The number of carbonyl (C=O) groups excluding carboxylic acids is 2. The monoisotopic (exact) mass is 317 g/mol. The van der Waals surface area contributed by atoms with Gasteiger partial charge in [0.15, 0.2) is 0 Å². The summed E-state index contributed by atoms with van der Waals surface area (Å²) in [6.07, 6.45) is 1.05. The second kappa shape index (κ2) is 6.95. The number of carbonyl (C=O) groups is 2. The minimum atomic E-state index is -0.266. The maximum absolute atomic E-state index is 12.1. The number of aromatic nitrogens is 1. The lowest BCUT2D eigenvalue weighted by Crippen LogP contribution is -2.41. The third-order valence-corrected chi connectivity index (χ3v) is 4.35. The molecule has 2 saturated heterocycles. The highest BCUT2D eigenvalue weighted by atomic mass is 16.2. The maximum Gasteiger partial charge on any atom is 0.324 e. The van der Waals surface area contributed by atoms with Crippen LogP contribution in [0.15, 0.2) is 18.2 Å². The molecule has 0 aromatic carbocycles. The number of hydrogen-bond acceptors (Lipinski definition) is 5. The Balaban J connectivity index is 1.43. The van der Waals surface area contributed by atoms with Gasteiger partial charge in [-0.3, -0.25) is 14.6 Å². The normalized spacial score (nSPS) is 21.5. The molecule has 1 atom stereocenters. The molecule has 1 unspecified atom stereocenters. The number of amides is 3. The molecule has 3 rings (SSSR count). The highest BCUT2D eigenvalue weighted by Crippen LogP contribution is 2.17. The van der Waals surface area contributed by atoms with Crippen LogP contribution in [0.4, 0.5) is 10.6 Å². The maximum atomic E-state index is 12.1. The van der Waals surface area contributed by atoms with Gasteiger partial charge in [-0.1, -0.05) is 6.07 Å². The number of pyridine rings is 1. The van der Waals surface area contributed by atoms with E-state index in [-0.39, 0.29) is 11.9 Å². The molecule has 2 aliphatic heterocycles. The van der Waals surface area contributed by atoms with E-state index < -0.39 is 0 Å². The predicted octanol–water partition coefficient (Wildman–Crippen LogP) is 0.676. The van der Waals surface area contributed by atoms with Gasteiger partial charge in [-0.15, -0.1) is 0 Å². The second-order valence-electron chi connectivity index (χ2n) is 6.21. The molecule has 1 aromatic rings. The standard InChI is InChI=1S/C16H23N5O2/c1-12-3-2-4-14(19-12)18-9-13-5-7-20(10-13)11-15(22)21-8-6-17-16(21)23/h2-4,13H,5-11H2,1H3,(H,17,23)(H,18,19). The van der Waals surface area contributed by atoms with Crippen LogP contribution in [-0.4, -0.2) is 66.0 Å². The summed E-state index contributed by atoms with van der Waals surface area (Å²) >= 11 is 0. The minimum Gasteiger partial charge on any atom is -0.370 e. The summed E-state index contributed by atoms with van der Waals surface area (Å²) in [6.45, 7) is 5.96. The molecule has 3 amide bonds. The molecule has 7 nitrogen and oxygen atoms in total. The largest absolute Gasteiger partial charge is 0.370 e. The van der Waals surface area contributed by atoms with E-state index in [4.69, 9.17) is 0 Å². The molecule has 2 fully saturated rings. The average molecular weight is 317 g/mol. The van der Waals surface area contributed by atoms with Crippen molar-refractivity contribution < 1.29 is 9.59 Å². The van der Waals surface area contributed by atoms with Crippen molar-refractivity contribution in [2.24, 2.45) is 5.92 Å². The molecule has 0 aliphatic carbocycles. The van der Waals surface area contributed by atoms with E-state index in [1.165, 1.54) is 4.90 Å². The van der Waals surface area contributed by atoms with Crippen molar-refractivity contribution in [3.8, 4) is 0 Å². The fourth-order valence-electron chi connectivity index (χ4n) is 3.10. The lowest BCUT2D eigenvalue weighted by molar-refractivity contribution is -0.128. The van der Waals surface area contributed by atoms with Gasteiger partial charge >= 0.3 is 6.03 Å². The molecule has 124 valence electrons. The predicted molar refractivity (Wildman–Crippen MR) is 87.1 cm³/mol. The Kier molecular flexibility index (Phi) is 4.76. The summed E-state index contributed by atoms with van der Waals surface area (Å²) < 4.78 is 0. The number of likely N-dealkylation sites (tertiary alicyclic amines) is 1. The quantitative estimate of drug-likeness (QED) is 0.835. The molecule has 2 aliphatic rings. The van der Waals surface area contributed by atoms with E-state index >= 15 is 0 Å². The van der Waals surface area contributed by atoms with E-state index in [9.17, 15) is 9.59 Å². The van der Waals surface area contributed by atoms with Crippen LogP contribution < -0.4 is 10.6 Å². The van der Waals surface area contributed by atoms with E-state index in [1.807, 2.05) is 25.1 Å². The van der Waals surface area contributed by atoms with Gasteiger partial charge in [0.05, 0.1) is 6.54 Å². The molecule has 7 heteroatoms. The van der Waals surface area contributed by atoms with Gasteiger partial charge in [-0.25, -0.2) is 9.78 Å². The molecular formula is C16H23N5O2. The number of anilines is 1. The van der Waals surface area contributed by atoms with E-state index in [0.29, 0.717) is 25.6 Å². The van der Waals surface area contributed by atoms with Gasteiger partial charge in [0.2, 0.25) is 5.91 Å². The summed E-state index contributed by atoms with van der Waals surface area (Å²) in [4.78, 5) is 31.5. The Hall–Kier alpha value is -2.15. The molecule has 0 saturated carbocycles. The van der Waals surface area contributed by atoms with Gasteiger partial charge in [0.25, 0.3) is 0 Å². The third kappa shape index (κ3) is 3.98. The van der Waals surface area contributed by atoms with Gasteiger partial charge in [0.1, 0.15) is 5.82 Å². The number of aryl methyl sites for hydroxylation is 1. The third-order valence-electron chi connectivity index (χ3n) is 4.35. The lowest BCUT2D eigenvalue weighted by atomic mass is 10.1. The number of urea groups is 1. The summed E-state index contributed by atoms with van der Waals surface area (Å²) in [5, 5.41) is 6.02. The Bertz CT molecular complexity index is 592. The first-order valence-corrected chi connectivity index (χ1v) is 8.10.